The van der Waals surface area contributed by atoms with E-state index in [-0.39, 0.29) is 43.0 Å². The van der Waals surface area contributed by atoms with Gasteiger partial charge in [-0.15, -0.1) is 0 Å². The van der Waals surface area contributed by atoms with E-state index in [2.05, 4.69) is 5.32 Å². The van der Waals surface area contributed by atoms with Crippen LogP contribution in [-0.4, -0.2) is 35.0 Å². The second-order valence-corrected chi connectivity index (χ2v) is 8.96. The van der Waals surface area contributed by atoms with E-state index in [4.69, 9.17) is 14.9 Å². The van der Waals surface area contributed by atoms with Crippen LogP contribution in [0.5, 0.6) is 11.5 Å². The summed E-state index contributed by atoms with van der Waals surface area (Å²) < 4.78 is 11.7. The van der Waals surface area contributed by atoms with Crippen molar-refractivity contribution < 1.29 is 23.8 Å². The first-order valence-corrected chi connectivity index (χ1v) is 12.4. The highest BCUT2D eigenvalue weighted by Gasteiger charge is 2.21. The summed E-state index contributed by atoms with van der Waals surface area (Å²) in [6.07, 6.45) is 0. The molecular weight excluding hydrogens is 494 g/mol. The van der Waals surface area contributed by atoms with Crippen molar-refractivity contribution in [2.75, 3.05) is 24.2 Å². The molecule has 4 aromatic carbocycles. The highest BCUT2D eigenvalue weighted by atomic mass is 16.5. The number of nitrogens with two attached hydrogens (primary N) is 1. The van der Waals surface area contributed by atoms with Crippen molar-refractivity contribution in [3.8, 4) is 11.5 Å². The van der Waals surface area contributed by atoms with E-state index < -0.39 is 0 Å². The Kier molecular flexibility index (Phi) is 7.45. The van der Waals surface area contributed by atoms with Gasteiger partial charge in [0.15, 0.2) is 5.76 Å². The smallest absolute Gasteiger partial charge is 0.290 e. The number of rotatable bonds is 9. The Morgan fingerprint density at radius 3 is 2.44 bits per heavy atom. The number of amides is 2. The lowest BCUT2D eigenvalue weighted by Gasteiger charge is -2.22. The van der Waals surface area contributed by atoms with Crippen LogP contribution in [0.25, 0.3) is 11.0 Å². The van der Waals surface area contributed by atoms with Gasteiger partial charge in [0.05, 0.1) is 17.9 Å². The number of carbonyl (C=O) groups excluding carboxylic acids is 2. The molecule has 39 heavy (non-hydrogen) atoms. The zero-order chi connectivity index (χ0) is 27.2. The minimum absolute atomic E-state index is 0.124. The first-order chi connectivity index (χ1) is 19.0. The molecule has 0 fully saturated rings. The molecule has 0 radical (unpaired) electrons. The fraction of sp³-hybridized carbons (Fsp3) is 0.0968. The number of nitrogens with zero attached hydrogens (tertiary/aromatic N) is 1. The number of anilines is 2. The predicted molar refractivity (Wildman–Crippen MR) is 150 cm³/mol. The van der Waals surface area contributed by atoms with Crippen LogP contribution in [0.15, 0.2) is 108 Å². The van der Waals surface area contributed by atoms with Gasteiger partial charge < -0.3 is 30.2 Å². The van der Waals surface area contributed by atoms with E-state index >= 15 is 0 Å². The molecule has 0 saturated carbocycles. The Morgan fingerprint density at radius 1 is 0.897 bits per heavy atom. The molecule has 0 atom stereocenters. The van der Waals surface area contributed by atoms with Crippen LogP contribution < -0.4 is 15.8 Å². The van der Waals surface area contributed by atoms with E-state index in [0.717, 1.165) is 10.9 Å². The van der Waals surface area contributed by atoms with E-state index in [9.17, 15) is 14.7 Å². The maximum atomic E-state index is 13.4. The topological polar surface area (TPSA) is 118 Å². The summed E-state index contributed by atoms with van der Waals surface area (Å²) in [5.74, 6) is 0.336. The van der Waals surface area contributed by atoms with Crippen molar-refractivity contribution in [3.63, 3.8) is 0 Å². The van der Waals surface area contributed by atoms with Crippen molar-refractivity contribution in [1.29, 1.82) is 0 Å². The molecule has 1 heterocycles. The van der Waals surface area contributed by atoms with Crippen molar-refractivity contribution in [3.05, 3.63) is 120 Å². The van der Waals surface area contributed by atoms with E-state index in [1.165, 1.54) is 0 Å². The maximum absolute atomic E-state index is 13.4. The zero-order valence-electron chi connectivity index (χ0n) is 21.0. The Labute approximate surface area is 225 Å². The first kappa shape index (κ1) is 25.4. The number of nitrogen functional groups attached to an aromatic ring is 1. The second kappa shape index (κ2) is 11.4. The molecule has 0 bridgehead atoms. The van der Waals surface area contributed by atoms with Crippen LogP contribution >= 0.6 is 0 Å². The van der Waals surface area contributed by atoms with Gasteiger partial charge in [0.1, 0.15) is 23.7 Å². The van der Waals surface area contributed by atoms with Gasteiger partial charge in [-0.3, -0.25) is 9.59 Å². The molecule has 2 amide bonds. The summed E-state index contributed by atoms with van der Waals surface area (Å²) in [5, 5.41) is 13.5. The molecule has 4 N–H and O–H groups in total. The molecule has 0 spiro atoms. The summed E-state index contributed by atoms with van der Waals surface area (Å²) in [6, 6.07) is 29.7. The minimum atomic E-state index is -0.287. The van der Waals surface area contributed by atoms with Gasteiger partial charge in [-0.05, 0) is 66.2 Å². The van der Waals surface area contributed by atoms with Gasteiger partial charge in [-0.1, -0.05) is 42.5 Å². The number of furan rings is 1. The van der Waals surface area contributed by atoms with Gasteiger partial charge in [0.2, 0.25) is 0 Å². The van der Waals surface area contributed by atoms with Crippen LogP contribution in [-0.2, 0) is 6.54 Å². The molecule has 0 unspecified atom stereocenters. The summed E-state index contributed by atoms with van der Waals surface area (Å²) in [4.78, 5) is 27.6. The number of phenolic OH excluding ortho intramolecular Hbond substituents is 1. The van der Waals surface area contributed by atoms with E-state index in [0.29, 0.717) is 28.3 Å². The standard InChI is InChI=1S/C31H27N3O5/c32-26-9-2-3-10-27(26)33-30(36)22-12-14-25(15-13-22)38-17-16-34(20-21-6-5-8-24(35)18-21)31(37)29-19-23-7-1-4-11-28(23)39-29/h1-15,18-19,35H,16-17,20,32H2,(H,33,36). The van der Waals surface area contributed by atoms with Crippen LogP contribution in [0.4, 0.5) is 11.4 Å². The summed E-state index contributed by atoms with van der Waals surface area (Å²) in [7, 11) is 0. The molecule has 8 heteroatoms. The minimum Gasteiger partial charge on any atom is -0.508 e. The van der Waals surface area contributed by atoms with Crippen molar-refractivity contribution >= 4 is 34.2 Å². The molecule has 196 valence electrons. The number of hydrogen-bond acceptors (Lipinski definition) is 6. The number of carbonyl (C=O) groups is 2. The Balaban J connectivity index is 1.24. The fourth-order valence-corrected chi connectivity index (χ4v) is 4.15. The van der Waals surface area contributed by atoms with Gasteiger partial charge >= 0.3 is 0 Å². The quantitative estimate of drug-likeness (QED) is 0.214. The Morgan fingerprint density at radius 2 is 1.67 bits per heavy atom. The van der Waals surface area contributed by atoms with Crippen molar-refractivity contribution in [2.24, 2.45) is 0 Å². The van der Waals surface area contributed by atoms with Gasteiger partial charge in [-0.25, -0.2) is 0 Å². The lowest BCUT2D eigenvalue weighted by atomic mass is 10.2. The van der Waals surface area contributed by atoms with Crippen LogP contribution in [0.2, 0.25) is 0 Å². The van der Waals surface area contributed by atoms with Gasteiger partial charge in [-0.2, -0.15) is 0 Å². The Hall–Kier alpha value is -5.24. The maximum Gasteiger partial charge on any atom is 0.290 e. The molecular formula is C31H27N3O5. The highest BCUT2D eigenvalue weighted by Crippen LogP contribution is 2.22. The number of nitrogens with one attached hydrogen (secondary N) is 1. The second-order valence-electron chi connectivity index (χ2n) is 8.96. The lowest BCUT2D eigenvalue weighted by Crippen LogP contribution is -2.34. The van der Waals surface area contributed by atoms with Crippen LogP contribution in [0.1, 0.15) is 26.5 Å². The molecule has 0 aliphatic carbocycles. The van der Waals surface area contributed by atoms with Gasteiger partial charge in [0.25, 0.3) is 11.8 Å². The molecule has 0 aliphatic heterocycles. The fourth-order valence-electron chi connectivity index (χ4n) is 4.15. The van der Waals surface area contributed by atoms with Gasteiger partial charge in [0, 0.05) is 17.5 Å². The molecule has 5 aromatic rings. The van der Waals surface area contributed by atoms with Crippen LogP contribution in [0.3, 0.4) is 0 Å². The number of hydrogen-bond donors (Lipinski definition) is 3. The molecule has 0 aliphatic rings. The Bertz CT molecular complexity index is 1580. The summed E-state index contributed by atoms with van der Waals surface area (Å²) >= 11 is 0. The number of benzene rings is 4. The SMILES string of the molecule is Nc1ccccc1NC(=O)c1ccc(OCCN(Cc2cccc(O)c2)C(=O)c2cc3ccccc3o2)cc1. The molecule has 8 nitrogen and oxygen atoms in total. The first-order valence-electron chi connectivity index (χ1n) is 12.4. The number of fused-ring (bicyclic) bond motifs is 1. The average Bonchev–Trinajstić information content (AvgIpc) is 3.38. The molecule has 0 saturated heterocycles. The third-order valence-electron chi connectivity index (χ3n) is 6.16. The molecule has 5 rings (SSSR count). The predicted octanol–water partition coefficient (Wildman–Crippen LogP) is 5.69. The van der Waals surface area contributed by atoms with E-state index in [1.54, 1.807) is 77.7 Å². The number of para-hydroxylation sites is 3. The third kappa shape index (κ3) is 6.19. The zero-order valence-corrected chi connectivity index (χ0v) is 21.0. The largest absolute Gasteiger partial charge is 0.508 e. The summed E-state index contributed by atoms with van der Waals surface area (Å²) in [5.41, 5.74) is 8.79. The highest BCUT2D eigenvalue weighted by molar-refractivity contribution is 6.05. The third-order valence-corrected chi connectivity index (χ3v) is 6.16. The molecule has 1 aromatic heterocycles. The number of aromatic hydroxyl groups is 1. The monoisotopic (exact) mass is 521 g/mol. The summed E-state index contributed by atoms with van der Waals surface area (Å²) in [6.45, 7) is 0.729. The van der Waals surface area contributed by atoms with Crippen LogP contribution in [0, 0.1) is 0 Å². The number of phenols is 1. The van der Waals surface area contributed by atoms with Crippen molar-refractivity contribution in [1.82, 2.24) is 4.90 Å². The van der Waals surface area contributed by atoms with Crippen molar-refractivity contribution in [2.45, 2.75) is 6.54 Å². The average molecular weight is 522 g/mol. The lowest BCUT2D eigenvalue weighted by molar-refractivity contribution is 0.0686. The number of ether oxygens (including phenoxy) is 1. The normalized spacial score (nSPS) is 10.8. The van der Waals surface area contributed by atoms with E-state index in [1.807, 2.05) is 30.3 Å².